The van der Waals surface area contributed by atoms with Gasteiger partial charge in [0.1, 0.15) is 12.3 Å². The SMILES string of the molecule is O=C(NNC(=O)C1COc2ccccc2O1)c1cn(-c2ccccc2)nc1-c1ccccc1. The zero-order chi connectivity index (χ0) is 22.6. The van der Waals surface area contributed by atoms with Crippen molar-refractivity contribution in [2.75, 3.05) is 6.61 Å². The Morgan fingerprint density at radius 3 is 2.27 bits per heavy atom. The van der Waals surface area contributed by atoms with Crippen molar-refractivity contribution < 1.29 is 19.1 Å². The maximum Gasteiger partial charge on any atom is 0.283 e. The summed E-state index contributed by atoms with van der Waals surface area (Å²) in [7, 11) is 0. The predicted octanol–water partition coefficient (Wildman–Crippen LogP) is 3.14. The van der Waals surface area contributed by atoms with Crippen LogP contribution in [0.5, 0.6) is 11.5 Å². The number of fused-ring (bicyclic) bond motifs is 1. The fraction of sp³-hybridized carbons (Fsp3) is 0.0800. The molecule has 0 aliphatic carbocycles. The monoisotopic (exact) mass is 440 g/mol. The van der Waals surface area contributed by atoms with E-state index in [1.54, 1.807) is 29.1 Å². The molecule has 3 aromatic carbocycles. The van der Waals surface area contributed by atoms with Gasteiger partial charge in [-0.15, -0.1) is 0 Å². The standard InChI is InChI=1S/C25H20N4O4/c30-24(26-27-25(31)22-16-32-20-13-7-8-14-21(20)33-22)19-15-29(18-11-5-2-6-12-18)28-23(19)17-9-3-1-4-10-17/h1-15,22H,16H2,(H,26,30)(H,27,31). The van der Waals surface area contributed by atoms with E-state index < -0.39 is 17.9 Å². The lowest BCUT2D eigenvalue weighted by atomic mass is 10.1. The van der Waals surface area contributed by atoms with Gasteiger partial charge >= 0.3 is 0 Å². The highest BCUT2D eigenvalue weighted by Crippen LogP contribution is 2.30. The van der Waals surface area contributed by atoms with Crippen LogP contribution in [0.1, 0.15) is 10.4 Å². The molecule has 0 radical (unpaired) electrons. The molecule has 1 aromatic heterocycles. The second kappa shape index (κ2) is 8.88. The van der Waals surface area contributed by atoms with E-state index in [0.717, 1.165) is 11.3 Å². The van der Waals surface area contributed by atoms with Crippen LogP contribution >= 0.6 is 0 Å². The van der Waals surface area contributed by atoms with Crippen molar-refractivity contribution in [3.05, 3.63) is 96.7 Å². The Labute approximate surface area is 189 Å². The highest BCUT2D eigenvalue weighted by atomic mass is 16.6. The first-order valence-electron chi connectivity index (χ1n) is 10.4. The molecule has 164 valence electrons. The summed E-state index contributed by atoms with van der Waals surface area (Å²) in [5, 5.41) is 4.61. The van der Waals surface area contributed by atoms with Crippen LogP contribution < -0.4 is 20.3 Å². The molecule has 2 N–H and O–H groups in total. The first-order chi connectivity index (χ1) is 16.2. The summed E-state index contributed by atoms with van der Waals surface area (Å²) in [6.07, 6.45) is 0.746. The molecule has 5 rings (SSSR count). The Bertz CT molecular complexity index is 1290. The Kier molecular flexibility index (Phi) is 5.47. The molecule has 1 unspecified atom stereocenters. The number of para-hydroxylation sites is 3. The molecule has 0 spiro atoms. The van der Waals surface area contributed by atoms with E-state index in [4.69, 9.17) is 9.47 Å². The minimum absolute atomic E-state index is 0.0416. The lowest BCUT2D eigenvalue weighted by molar-refractivity contribution is -0.131. The number of amides is 2. The molecule has 4 aromatic rings. The van der Waals surface area contributed by atoms with E-state index in [1.165, 1.54) is 0 Å². The number of hydrogen-bond donors (Lipinski definition) is 2. The summed E-state index contributed by atoms with van der Waals surface area (Å²) < 4.78 is 12.9. The average molecular weight is 440 g/mol. The molecule has 8 heteroatoms. The van der Waals surface area contributed by atoms with Crippen LogP contribution in [-0.4, -0.2) is 34.3 Å². The summed E-state index contributed by atoms with van der Waals surface area (Å²) >= 11 is 0. The molecule has 0 bridgehead atoms. The molecule has 1 atom stereocenters. The highest BCUT2D eigenvalue weighted by Gasteiger charge is 2.28. The van der Waals surface area contributed by atoms with E-state index in [2.05, 4.69) is 16.0 Å². The van der Waals surface area contributed by atoms with Crippen LogP contribution in [0.15, 0.2) is 91.1 Å². The third kappa shape index (κ3) is 4.27. The van der Waals surface area contributed by atoms with Crippen molar-refractivity contribution in [2.45, 2.75) is 6.10 Å². The van der Waals surface area contributed by atoms with E-state index >= 15 is 0 Å². The molecule has 0 saturated heterocycles. The van der Waals surface area contributed by atoms with Gasteiger partial charge in [0.25, 0.3) is 11.8 Å². The number of ether oxygens (including phenoxy) is 2. The van der Waals surface area contributed by atoms with E-state index in [0.29, 0.717) is 22.8 Å². The zero-order valence-corrected chi connectivity index (χ0v) is 17.5. The second-order valence-corrected chi connectivity index (χ2v) is 7.35. The summed E-state index contributed by atoms with van der Waals surface area (Å²) in [5.74, 6) is 0.0354. The van der Waals surface area contributed by atoms with Crippen LogP contribution in [0, 0.1) is 0 Å². The largest absolute Gasteiger partial charge is 0.485 e. The third-order valence-corrected chi connectivity index (χ3v) is 5.13. The summed E-state index contributed by atoms with van der Waals surface area (Å²) in [4.78, 5) is 25.6. The van der Waals surface area contributed by atoms with Crippen LogP contribution in [0.2, 0.25) is 0 Å². The van der Waals surface area contributed by atoms with E-state index in [9.17, 15) is 9.59 Å². The van der Waals surface area contributed by atoms with Crippen molar-refractivity contribution >= 4 is 11.8 Å². The third-order valence-electron chi connectivity index (χ3n) is 5.13. The lowest BCUT2D eigenvalue weighted by Crippen LogP contribution is -2.50. The molecule has 2 heterocycles. The number of carbonyl (C=O) groups is 2. The van der Waals surface area contributed by atoms with Crippen molar-refractivity contribution in [3.63, 3.8) is 0 Å². The van der Waals surface area contributed by atoms with Crippen LogP contribution in [-0.2, 0) is 4.79 Å². The van der Waals surface area contributed by atoms with Gasteiger partial charge in [0.15, 0.2) is 11.5 Å². The van der Waals surface area contributed by atoms with Gasteiger partial charge in [-0.2, -0.15) is 5.10 Å². The molecular formula is C25H20N4O4. The molecule has 8 nitrogen and oxygen atoms in total. The van der Waals surface area contributed by atoms with Gasteiger partial charge in [0.05, 0.1) is 11.3 Å². The van der Waals surface area contributed by atoms with Gasteiger partial charge in [-0.3, -0.25) is 20.4 Å². The van der Waals surface area contributed by atoms with Gasteiger partial charge in [0, 0.05) is 11.8 Å². The lowest BCUT2D eigenvalue weighted by Gasteiger charge is -2.25. The number of carbonyl (C=O) groups excluding carboxylic acids is 2. The fourth-order valence-electron chi connectivity index (χ4n) is 3.48. The van der Waals surface area contributed by atoms with E-state index in [-0.39, 0.29) is 6.61 Å². The predicted molar refractivity (Wildman–Crippen MR) is 121 cm³/mol. The molecule has 33 heavy (non-hydrogen) atoms. The van der Waals surface area contributed by atoms with Gasteiger partial charge in [0.2, 0.25) is 6.10 Å². The number of nitrogens with zero attached hydrogens (tertiary/aromatic N) is 2. The summed E-state index contributed by atoms with van der Waals surface area (Å²) in [5.41, 5.74) is 7.30. The normalized spacial score (nSPS) is 14.4. The molecule has 1 aliphatic heterocycles. The van der Waals surface area contributed by atoms with Gasteiger partial charge in [-0.05, 0) is 24.3 Å². The minimum Gasteiger partial charge on any atom is -0.485 e. The summed E-state index contributed by atoms with van der Waals surface area (Å²) in [6, 6.07) is 26.0. The van der Waals surface area contributed by atoms with Crippen LogP contribution in [0.4, 0.5) is 0 Å². The topological polar surface area (TPSA) is 94.5 Å². The Morgan fingerprint density at radius 2 is 1.52 bits per heavy atom. The Hall–Kier alpha value is -4.59. The Morgan fingerprint density at radius 1 is 0.848 bits per heavy atom. The van der Waals surface area contributed by atoms with Crippen molar-refractivity contribution in [1.82, 2.24) is 20.6 Å². The number of hydrazine groups is 1. The molecular weight excluding hydrogens is 420 g/mol. The van der Waals surface area contributed by atoms with Crippen molar-refractivity contribution in [2.24, 2.45) is 0 Å². The fourth-order valence-corrected chi connectivity index (χ4v) is 3.48. The summed E-state index contributed by atoms with van der Waals surface area (Å²) in [6.45, 7) is 0.0416. The number of rotatable bonds is 4. The molecule has 0 saturated carbocycles. The second-order valence-electron chi connectivity index (χ2n) is 7.35. The number of benzene rings is 3. The van der Waals surface area contributed by atoms with E-state index in [1.807, 2.05) is 66.7 Å². The molecule has 0 fully saturated rings. The number of aromatic nitrogens is 2. The minimum atomic E-state index is -0.888. The van der Waals surface area contributed by atoms with Crippen molar-refractivity contribution in [1.29, 1.82) is 0 Å². The van der Waals surface area contributed by atoms with Crippen LogP contribution in [0.25, 0.3) is 16.9 Å². The average Bonchev–Trinajstić information content (AvgIpc) is 3.33. The zero-order valence-electron chi connectivity index (χ0n) is 17.5. The Balaban J connectivity index is 1.34. The van der Waals surface area contributed by atoms with Gasteiger partial charge in [-0.25, -0.2) is 4.68 Å². The first kappa shape index (κ1) is 20.3. The van der Waals surface area contributed by atoms with Gasteiger partial charge in [-0.1, -0.05) is 60.7 Å². The number of hydrogen-bond acceptors (Lipinski definition) is 5. The molecule has 1 aliphatic rings. The van der Waals surface area contributed by atoms with Crippen molar-refractivity contribution in [3.8, 4) is 28.4 Å². The molecule has 2 amide bonds. The maximum atomic E-state index is 13.0. The first-order valence-corrected chi connectivity index (χ1v) is 10.4. The maximum absolute atomic E-state index is 13.0. The quantitative estimate of drug-likeness (QED) is 0.476. The number of nitrogens with one attached hydrogen (secondary N) is 2. The smallest absolute Gasteiger partial charge is 0.283 e. The highest BCUT2D eigenvalue weighted by molar-refractivity contribution is 6.00. The van der Waals surface area contributed by atoms with Crippen LogP contribution in [0.3, 0.4) is 0 Å². The van der Waals surface area contributed by atoms with Gasteiger partial charge < -0.3 is 9.47 Å².